The highest BCUT2D eigenvalue weighted by Crippen LogP contribution is 2.32. The fraction of sp³-hybridized carbons (Fsp3) is 0.143. The maximum absolute atomic E-state index is 12.8. The van der Waals surface area contributed by atoms with Crippen LogP contribution in [-0.2, 0) is 13.1 Å². The number of phenols is 2. The minimum atomic E-state index is -0.737. The number of pyridine rings is 2. The molecule has 0 spiro atoms. The van der Waals surface area contributed by atoms with Gasteiger partial charge in [-0.05, 0) is 48.2 Å². The van der Waals surface area contributed by atoms with Gasteiger partial charge in [-0.2, -0.15) is 9.13 Å². The summed E-state index contributed by atoms with van der Waals surface area (Å²) in [7, 11) is 0. The Morgan fingerprint density at radius 2 is 0.976 bits per heavy atom. The van der Waals surface area contributed by atoms with Crippen molar-refractivity contribution in [3.05, 3.63) is 116 Å². The van der Waals surface area contributed by atoms with Crippen molar-refractivity contribution in [3.63, 3.8) is 0 Å². The molecule has 2 aromatic carbocycles. The van der Waals surface area contributed by atoms with Gasteiger partial charge in [-0.3, -0.25) is 29.8 Å². The van der Waals surface area contributed by atoms with Crippen LogP contribution in [0.2, 0.25) is 0 Å². The van der Waals surface area contributed by atoms with Crippen LogP contribution in [0.3, 0.4) is 0 Å². The second-order valence-electron chi connectivity index (χ2n) is 9.24. The van der Waals surface area contributed by atoms with Gasteiger partial charge < -0.3 is 44.2 Å². The van der Waals surface area contributed by atoms with Gasteiger partial charge in [0.05, 0.1) is 21.0 Å². The number of hydrogen-bond acceptors (Lipinski definition) is 8. The van der Waals surface area contributed by atoms with E-state index in [2.05, 4.69) is 0 Å². The van der Waals surface area contributed by atoms with E-state index in [1.165, 1.54) is 24.3 Å². The molecule has 2 N–H and O–H groups in total. The summed E-state index contributed by atoms with van der Waals surface area (Å²) in [6.07, 6.45) is 6.64. The Morgan fingerprint density at radius 3 is 1.26 bits per heavy atom. The van der Waals surface area contributed by atoms with E-state index in [4.69, 9.17) is 0 Å². The molecular formula is C28H24Br2N4O8. The van der Waals surface area contributed by atoms with Gasteiger partial charge in [0.2, 0.25) is 36.2 Å². The number of aromatic nitrogens is 2. The van der Waals surface area contributed by atoms with Crippen molar-refractivity contribution in [1.82, 2.24) is 0 Å². The molecule has 0 unspecified atom stereocenters. The van der Waals surface area contributed by atoms with Crippen molar-refractivity contribution in [2.75, 3.05) is 0 Å². The minimum Gasteiger partial charge on any atom is -1.00 e. The van der Waals surface area contributed by atoms with Gasteiger partial charge in [-0.1, -0.05) is 0 Å². The van der Waals surface area contributed by atoms with E-state index >= 15 is 0 Å². The van der Waals surface area contributed by atoms with E-state index < -0.39 is 44.3 Å². The Morgan fingerprint density at radius 1 is 0.667 bits per heavy atom. The smallest absolute Gasteiger partial charge is 0.311 e. The number of carbonyl (C=O) groups excluding carboxylic acids is 2. The number of rotatable bonds is 9. The molecule has 4 aromatic rings. The van der Waals surface area contributed by atoms with E-state index in [1.54, 1.807) is 72.0 Å². The first-order valence-electron chi connectivity index (χ1n) is 12.0. The number of nitrogens with zero attached hydrogens (tertiary/aromatic N) is 4. The van der Waals surface area contributed by atoms with Crippen LogP contribution in [0, 0.1) is 34.1 Å². The summed E-state index contributed by atoms with van der Waals surface area (Å²) in [6, 6.07) is 12.3. The first kappa shape index (κ1) is 33.6. The van der Waals surface area contributed by atoms with Crippen LogP contribution in [0.4, 0.5) is 11.4 Å². The largest absolute Gasteiger partial charge is 1.00 e. The third-order valence-corrected chi connectivity index (χ3v) is 6.23. The quantitative estimate of drug-likeness (QED) is 0.0838. The van der Waals surface area contributed by atoms with Crippen molar-refractivity contribution in [2.24, 2.45) is 0 Å². The van der Waals surface area contributed by atoms with Crippen LogP contribution in [0.5, 0.6) is 11.5 Å². The zero-order valence-corrected chi connectivity index (χ0v) is 25.4. The molecule has 2 aromatic heterocycles. The monoisotopic (exact) mass is 702 g/mol. The number of carbonyl (C=O) groups is 2. The molecule has 0 aliphatic heterocycles. The fourth-order valence-electron chi connectivity index (χ4n) is 4.24. The summed E-state index contributed by atoms with van der Waals surface area (Å²) in [5.41, 5.74) is 1.28. The number of phenolic OH excluding ortho intramolecular Hbond substituents is 2. The van der Waals surface area contributed by atoms with Crippen LogP contribution in [0.25, 0.3) is 11.1 Å². The Bertz CT molecular complexity index is 1550. The van der Waals surface area contributed by atoms with Gasteiger partial charge in [0.1, 0.15) is 0 Å². The molecule has 12 nitrogen and oxygen atoms in total. The normalized spacial score (nSPS) is 10.2. The molecule has 0 atom stereocenters. The third-order valence-electron chi connectivity index (χ3n) is 6.23. The number of halogens is 2. The molecule has 0 aliphatic rings. The summed E-state index contributed by atoms with van der Waals surface area (Å²) in [4.78, 5) is 46.3. The summed E-state index contributed by atoms with van der Waals surface area (Å²) >= 11 is 0. The SMILES string of the molecule is Cc1cc(C(=O)C[n+]2ccc(-c3cc[n+](CC(=O)c4cc(C)cc([N+](=O)[O-])c4O)cc3)cc2)c(O)c([N+](=O)[O-])c1.[Br-].[Br-]. The van der Waals surface area contributed by atoms with E-state index in [0.717, 1.165) is 11.1 Å². The average molecular weight is 704 g/mol. The summed E-state index contributed by atoms with van der Waals surface area (Å²) < 4.78 is 3.16. The second kappa shape index (κ2) is 13.9. The molecule has 0 fully saturated rings. The average Bonchev–Trinajstić information content (AvgIpc) is 2.91. The van der Waals surface area contributed by atoms with Crippen molar-refractivity contribution < 1.29 is 72.7 Å². The lowest BCUT2D eigenvalue weighted by Gasteiger charge is -2.06. The number of hydrogen-bond donors (Lipinski definition) is 2. The van der Waals surface area contributed by atoms with E-state index in [1.807, 2.05) is 0 Å². The molecule has 0 bridgehead atoms. The Labute approximate surface area is 260 Å². The summed E-state index contributed by atoms with van der Waals surface area (Å²) in [5.74, 6) is -2.30. The number of benzene rings is 2. The number of ketones is 2. The van der Waals surface area contributed by atoms with Crippen molar-refractivity contribution in [1.29, 1.82) is 0 Å². The maximum atomic E-state index is 12.8. The predicted molar refractivity (Wildman–Crippen MR) is 140 cm³/mol. The Hall–Kier alpha value is -4.56. The van der Waals surface area contributed by atoms with Crippen molar-refractivity contribution >= 4 is 22.9 Å². The standard InChI is InChI=1S/C28H22N4O8.2BrH/c1-17-11-21(27(35)23(13-17)31(37)38)25(33)15-29-7-3-19(4-8-29)20-5-9-30(10-6-20)16-26(34)22-12-18(2)14-24(28(22)36)32(39)40;;/h3-14H,15-16H2,1-2H3;2*1H. The minimum absolute atomic E-state index is 0. The Kier molecular flexibility index (Phi) is 11.1. The van der Waals surface area contributed by atoms with Gasteiger partial charge in [0.15, 0.2) is 24.8 Å². The van der Waals surface area contributed by atoms with E-state index in [9.17, 15) is 40.0 Å². The fourth-order valence-corrected chi connectivity index (χ4v) is 4.24. The topological polar surface area (TPSA) is 169 Å². The molecule has 14 heteroatoms. The van der Waals surface area contributed by atoms with Crippen molar-refractivity contribution in [3.8, 4) is 22.6 Å². The number of nitro benzene ring substituents is 2. The molecule has 4 rings (SSSR count). The van der Waals surface area contributed by atoms with Gasteiger partial charge in [0.25, 0.3) is 0 Å². The number of aromatic hydroxyl groups is 2. The van der Waals surface area contributed by atoms with E-state index in [0.29, 0.717) is 11.1 Å². The van der Waals surface area contributed by atoms with E-state index in [-0.39, 0.29) is 58.2 Å². The lowest BCUT2D eigenvalue weighted by atomic mass is 10.0. The van der Waals surface area contributed by atoms with Gasteiger partial charge in [0, 0.05) is 36.4 Å². The molecule has 0 aliphatic carbocycles. The molecule has 42 heavy (non-hydrogen) atoms. The zero-order chi connectivity index (χ0) is 29.1. The highest BCUT2D eigenvalue weighted by atomic mass is 79.9. The first-order chi connectivity index (χ1) is 18.9. The van der Waals surface area contributed by atoms with Crippen LogP contribution in [0.1, 0.15) is 31.8 Å². The van der Waals surface area contributed by atoms with Crippen LogP contribution in [0.15, 0.2) is 73.3 Å². The summed E-state index contributed by atoms with van der Waals surface area (Å²) in [5, 5.41) is 42.7. The predicted octanol–water partition coefficient (Wildman–Crippen LogP) is -2.45. The number of nitro groups is 2. The Balaban J connectivity index is 0.00000308. The molecule has 0 saturated heterocycles. The lowest BCUT2D eigenvalue weighted by Crippen LogP contribution is -3.00. The van der Waals surface area contributed by atoms with Gasteiger partial charge >= 0.3 is 11.4 Å². The van der Waals surface area contributed by atoms with Gasteiger partial charge in [-0.25, -0.2) is 0 Å². The highest BCUT2D eigenvalue weighted by Gasteiger charge is 2.26. The number of aryl methyl sites for hydroxylation is 2. The maximum Gasteiger partial charge on any atom is 0.311 e. The van der Waals surface area contributed by atoms with Gasteiger partial charge in [-0.15, -0.1) is 0 Å². The highest BCUT2D eigenvalue weighted by molar-refractivity contribution is 5.99. The first-order valence-corrected chi connectivity index (χ1v) is 12.0. The zero-order valence-electron chi connectivity index (χ0n) is 22.2. The molecule has 0 saturated carbocycles. The third kappa shape index (κ3) is 7.39. The molecule has 0 amide bonds. The molecular weight excluding hydrogens is 680 g/mol. The summed E-state index contributed by atoms with van der Waals surface area (Å²) in [6.45, 7) is 2.91. The molecule has 0 radical (unpaired) electrons. The van der Waals surface area contributed by atoms with Crippen LogP contribution >= 0.6 is 0 Å². The second-order valence-corrected chi connectivity index (χ2v) is 9.24. The van der Waals surface area contributed by atoms with Crippen LogP contribution in [-0.4, -0.2) is 31.6 Å². The van der Waals surface area contributed by atoms with Crippen LogP contribution < -0.4 is 43.1 Å². The molecule has 2 heterocycles. The number of Topliss-reactive ketones (excluding diaryl/α,β-unsaturated/α-hetero) is 2. The lowest BCUT2D eigenvalue weighted by molar-refractivity contribution is -0.683. The molecule has 218 valence electrons. The van der Waals surface area contributed by atoms with Crippen molar-refractivity contribution in [2.45, 2.75) is 26.9 Å².